The van der Waals surface area contributed by atoms with Crippen LogP contribution in [0.1, 0.15) is 31.9 Å². The van der Waals surface area contributed by atoms with Crippen molar-refractivity contribution in [3.63, 3.8) is 0 Å². The number of primary amides is 1. The van der Waals surface area contributed by atoms with Crippen LogP contribution in [-0.4, -0.2) is 19.1 Å². The lowest BCUT2D eigenvalue weighted by Gasteiger charge is -2.16. The van der Waals surface area contributed by atoms with Gasteiger partial charge in [0.1, 0.15) is 11.5 Å². The van der Waals surface area contributed by atoms with Gasteiger partial charge < -0.3 is 20.9 Å². The molecule has 0 aliphatic rings. The van der Waals surface area contributed by atoms with E-state index in [1.807, 2.05) is 26.0 Å². The van der Waals surface area contributed by atoms with E-state index in [9.17, 15) is 4.79 Å². The average molecular weight is 252 g/mol. The molecule has 4 N–H and O–H groups in total. The predicted molar refractivity (Wildman–Crippen MR) is 69.5 cm³/mol. The van der Waals surface area contributed by atoms with Crippen LogP contribution in [0.25, 0.3) is 0 Å². The normalized spacial score (nSPS) is 11.9. The maximum atomic E-state index is 10.9. The van der Waals surface area contributed by atoms with E-state index < -0.39 is 11.9 Å². The molecule has 1 rings (SSSR count). The number of nitrogens with two attached hydrogens (primary N) is 2. The van der Waals surface area contributed by atoms with Crippen LogP contribution in [0.15, 0.2) is 18.2 Å². The van der Waals surface area contributed by atoms with Crippen LogP contribution in [0, 0.1) is 0 Å². The molecule has 5 nitrogen and oxygen atoms in total. The zero-order valence-corrected chi connectivity index (χ0v) is 10.8. The van der Waals surface area contributed by atoms with E-state index in [-0.39, 0.29) is 6.42 Å². The number of hydrogen-bond donors (Lipinski definition) is 2. The highest BCUT2D eigenvalue weighted by molar-refractivity contribution is 5.74. The summed E-state index contributed by atoms with van der Waals surface area (Å²) in [6.07, 6.45) is 0.0913. The molecule has 0 fully saturated rings. The average Bonchev–Trinajstić information content (AvgIpc) is 2.29. The van der Waals surface area contributed by atoms with Gasteiger partial charge in [0.25, 0.3) is 0 Å². The summed E-state index contributed by atoms with van der Waals surface area (Å²) in [6, 6.07) is 4.94. The van der Waals surface area contributed by atoms with Gasteiger partial charge in [-0.1, -0.05) is 6.07 Å². The summed E-state index contributed by atoms with van der Waals surface area (Å²) in [4.78, 5) is 10.9. The SMILES string of the molecule is CCOc1ccc(C(N)CC(N)=O)c(OCC)c1. The molecule has 1 aromatic carbocycles. The number of hydrogen-bond acceptors (Lipinski definition) is 4. The Balaban J connectivity index is 2.98. The second-order valence-corrected chi connectivity index (χ2v) is 3.84. The fourth-order valence-electron chi connectivity index (χ4n) is 1.68. The van der Waals surface area contributed by atoms with E-state index in [4.69, 9.17) is 20.9 Å². The van der Waals surface area contributed by atoms with Crippen molar-refractivity contribution in [2.75, 3.05) is 13.2 Å². The zero-order valence-electron chi connectivity index (χ0n) is 10.8. The maximum Gasteiger partial charge on any atom is 0.219 e. The van der Waals surface area contributed by atoms with Crippen molar-refractivity contribution in [2.24, 2.45) is 11.5 Å². The monoisotopic (exact) mass is 252 g/mol. The van der Waals surface area contributed by atoms with Crippen molar-refractivity contribution >= 4 is 5.91 Å². The Bertz CT molecular complexity index is 407. The molecule has 100 valence electrons. The van der Waals surface area contributed by atoms with Crippen LogP contribution in [0.2, 0.25) is 0 Å². The summed E-state index contributed by atoms with van der Waals surface area (Å²) in [6.45, 7) is 4.90. The molecule has 18 heavy (non-hydrogen) atoms. The van der Waals surface area contributed by atoms with Gasteiger partial charge in [-0.25, -0.2) is 0 Å². The van der Waals surface area contributed by atoms with Crippen LogP contribution < -0.4 is 20.9 Å². The molecule has 0 saturated carbocycles. The van der Waals surface area contributed by atoms with Crippen molar-refractivity contribution in [3.8, 4) is 11.5 Å². The lowest BCUT2D eigenvalue weighted by Crippen LogP contribution is -2.21. The molecule has 0 bridgehead atoms. The minimum Gasteiger partial charge on any atom is -0.494 e. The fourth-order valence-corrected chi connectivity index (χ4v) is 1.68. The first-order valence-electron chi connectivity index (χ1n) is 6.01. The molecule has 0 aromatic heterocycles. The van der Waals surface area contributed by atoms with Crippen LogP contribution >= 0.6 is 0 Å². The first-order valence-corrected chi connectivity index (χ1v) is 6.01. The van der Waals surface area contributed by atoms with Crippen molar-refractivity contribution in [3.05, 3.63) is 23.8 Å². The van der Waals surface area contributed by atoms with Crippen molar-refractivity contribution < 1.29 is 14.3 Å². The quantitative estimate of drug-likeness (QED) is 0.767. The Hall–Kier alpha value is -1.75. The smallest absolute Gasteiger partial charge is 0.219 e. The van der Waals surface area contributed by atoms with Crippen molar-refractivity contribution in [1.82, 2.24) is 0 Å². The first-order chi connectivity index (χ1) is 8.58. The van der Waals surface area contributed by atoms with Gasteiger partial charge in [-0.15, -0.1) is 0 Å². The van der Waals surface area contributed by atoms with E-state index in [2.05, 4.69) is 0 Å². The summed E-state index contributed by atoms with van der Waals surface area (Å²) in [5.74, 6) is 0.923. The molecule has 0 aliphatic carbocycles. The van der Waals surface area contributed by atoms with Gasteiger partial charge >= 0.3 is 0 Å². The third-order valence-corrected chi connectivity index (χ3v) is 2.42. The fraction of sp³-hybridized carbons (Fsp3) is 0.462. The molecular formula is C13H20N2O3. The number of benzene rings is 1. The Morgan fingerprint density at radius 2 is 1.94 bits per heavy atom. The van der Waals surface area contributed by atoms with Crippen LogP contribution in [-0.2, 0) is 4.79 Å². The summed E-state index contributed by atoms with van der Waals surface area (Å²) >= 11 is 0. The van der Waals surface area contributed by atoms with E-state index in [1.54, 1.807) is 6.07 Å². The van der Waals surface area contributed by atoms with E-state index in [0.29, 0.717) is 19.0 Å². The van der Waals surface area contributed by atoms with Crippen LogP contribution in [0.4, 0.5) is 0 Å². The Morgan fingerprint density at radius 1 is 1.28 bits per heavy atom. The molecule has 1 unspecified atom stereocenters. The zero-order chi connectivity index (χ0) is 13.5. The maximum absolute atomic E-state index is 10.9. The molecule has 0 heterocycles. The van der Waals surface area contributed by atoms with E-state index >= 15 is 0 Å². The van der Waals surface area contributed by atoms with Gasteiger partial charge in [-0.3, -0.25) is 4.79 Å². The van der Waals surface area contributed by atoms with Gasteiger partial charge in [-0.2, -0.15) is 0 Å². The van der Waals surface area contributed by atoms with Crippen LogP contribution in [0.3, 0.4) is 0 Å². The second kappa shape index (κ2) is 6.86. The first kappa shape index (κ1) is 14.3. The van der Waals surface area contributed by atoms with Gasteiger partial charge in [0, 0.05) is 24.1 Å². The molecule has 0 saturated heterocycles. The number of ether oxygens (including phenoxy) is 2. The molecule has 0 aliphatic heterocycles. The standard InChI is InChI=1S/C13H20N2O3/c1-3-17-9-5-6-10(11(14)8-13(15)16)12(7-9)18-4-2/h5-7,11H,3-4,8,14H2,1-2H3,(H2,15,16). The van der Waals surface area contributed by atoms with Gasteiger partial charge in [0.2, 0.25) is 5.91 Å². The van der Waals surface area contributed by atoms with Crippen molar-refractivity contribution in [2.45, 2.75) is 26.3 Å². The minimum absolute atomic E-state index is 0.0913. The number of carbonyl (C=O) groups is 1. The summed E-state index contributed by atoms with van der Waals surface area (Å²) in [5.41, 5.74) is 11.8. The van der Waals surface area contributed by atoms with Crippen molar-refractivity contribution in [1.29, 1.82) is 0 Å². The van der Waals surface area contributed by atoms with Crippen LogP contribution in [0.5, 0.6) is 11.5 Å². The molecule has 1 atom stereocenters. The Labute approximate surface area is 107 Å². The third-order valence-electron chi connectivity index (χ3n) is 2.42. The Kier molecular flexibility index (Phi) is 5.45. The number of amides is 1. The Morgan fingerprint density at radius 3 is 2.50 bits per heavy atom. The summed E-state index contributed by atoms with van der Waals surface area (Å²) in [7, 11) is 0. The molecule has 1 amide bonds. The highest BCUT2D eigenvalue weighted by atomic mass is 16.5. The number of rotatable bonds is 7. The summed E-state index contributed by atoms with van der Waals surface area (Å²) in [5, 5.41) is 0. The largest absolute Gasteiger partial charge is 0.494 e. The molecule has 1 aromatic rings. The van der Waals surface area contributed by atoms with E-state index in [0.717, 1.165) is 11.3 Å². The molecular weight excluding hydrogens is 232 g/mol. The highest BCUT2D eigenvalue weighted by Crippen LogP contribution is 2.30. The molecule has 0 spiro atoms. The number of carbonyl (C=O) groups excluding carboxylic acids is 1. The lowest BCUT2D eigenvalue weighted by atomic mass is 10.0. The van der Waals surface area contributed by atoms with Gasteiger partial charge in [-0.05, 0) is 19.9 Å². The third kappa shape index (κ3) is 3.92. The molecule has 5 heteroatoms. The minimum atomic E-state index is -0.459. The van der Waals surface area contributed by atoms with E-state index in [1.165, 1.54) is 0 Å². The summed E-state index contributed by atoms with van der Waals surface area (Å²) < 4.78 is 10.9. The topological polar surface area (TPSA) is 87.6 Å². The highest BCUT2D eigenvalue weighted by Gasteiger charge is 2.15. The molecule has 0 radical (unpaired) electrons. The lowest BCUT2D eigenvalue weighted by molar-refractivity contribution is -0.118. The van der Waals surface area contributed by atoms with Gasteiger partial charge in [0.15, 0.2) is 0 Å². The predicted octanol–water partition coefficient (Wildman–Crippen LogP) is 1.36. The second-order valence-electron chi connectivity index (χ2n) is 3.84. The van der Waals surface area contributed by atoms with Gasteiger partial charge in [0.05, 0.1) is 13.2 Å².